The molecule has 4 heteroatoms. The summed E-state index contributed by atoms with van der Waals surface area (Å²) in [5, 5.41) is 0.393. The predicted molar refractivity (Wildman–Crippen MR) is 68.3 cm³/mol. The Labute approximate surface area is 105 Å². The van der Waals surface area contributed by atoms with Crippen molar-refractivity contribution in [1.82, 2.24) is 9.97 Å². The monoisotopic (exact) mass is 248 g/mol. The van der Waals surface area contributed by atoms with Gasteiger partial charge >= 0.3 is 0 Å². The standard InChI is InChI=1S/C13H13ClN2O/c1-2-8-17-12-9-11(14)15-13(16-12)10-6-4-3-5-7-10/h3-7,9H,2,8H2,1H3. The fraction of sp³-hybridized carbons (Fsp3) is 0.231. The molecule has 0 spiro atoms. The van der Waals surface area contributed by atoms with Crippen LogP contribution in [-0.4, -0.2) is 16.6 Å². The lowest BCUT2D eigenvalue weighted by Gasteiger charge is -2.06. The number of hydrogen-bond donors (Lipinski definition) is 0. The number of rotatable bonds is 4. The molecule has 0 bridgehead atoms. The minimum atomic E-state index is 0.393. The van der Waals surface area contributed by atoms with Gasteiger partial charge in [-0.3, -0.25) is 0 Å². The molecule has 0 N–H and O–H groups in total. The second-order valence-electron chi connectivity index (χ2n) is 3.57. The van der Waals surface area contributed by atoms with Crippen molar-refractivity contribution in [2.45, 2.75) is 13.3 Å². The first kappa shape index (κ1) is 11.9. The molecule has 17 heavy (non-hydrogen) atoms. The number of ether oxygens (including phenoxy) is 1. The predicted octanol–water partition coefficient (Wildman–Crippen LogP) is 3.59. The molecule has 1 aromatic heterocycles. The van der Waals surface area contributed by atoms with Crippen LogP contribution in [0.25, 0.3) is 11.4 Å². The molecule has 0 fully saturated rings. The summed E-state index contributed by atoms with van der Waals surface area (Å²) in [6.45, 7) is 2.67. The fourth-order valence-corrected chi connectivity index (χ4v) is 1.57. The van der Waals surface area contributed by atoms with E-state index >= 15 is 0 Å². The van der Waals surface area contributed by atoms with Crippen LogP contribution < -0.4 is 4.74 Å². The quantitative estimate of drug-likeness (QED) is 0.776. The molecule has 1 heterocycles. The van der Waals surface area contributed by atoms with Crippen LogP contribution in [0.4, 0.5) is 0 Å². The maximum atomic E-state index is 5.95. The molecule has 0 amide bonds. The van der Waals surface area contributed by atoms with Crippen LogP contribution >= 0.6 is 11.6 Å². The van der Waals surface area contributed by atoms with Crippen molar-refractivity contribution in [3.8, 4) is 17.3 Å². The highest BCUT2D eigenvalue weighted by molar-refractivity contribution is 6.29. The van der Waals surface area contributed by atoms with Gasteiger partial charge in [0.1, 0.15) is 5.15 Å². The average Bonchev–Trinajstić information content (AvgIpc) is 2.37. The smallest absolute Gasteiger partial charge is 0.218 e. The topological polar surface area (TPSA) is 35.0 Å². The SMILES string of the molecule is CCCOc1cc(Cl)nc(-c2ccccc2)n1. The van der Waals surface area contributed by atoms with Crippen LogP contribution in [0.15, 0.2) is 36.4 Å². The number of aromatic nitrogens is 2. The first-order valence-electron chi connectivity index (χ1n) is 5.52. The fourth-order valence-electron chi connectivity index (χ4n) is 1.39. The number of hydrogen-bond acceptors (Lipinski definition) is 3. The van der Waals surface area contributed by atoms with Gasteiger partial charge < -0.3 is 4.74 Å². The van der Waals surface area contributed by atoms with Crippen molar-refractivity contribution in [1.29, 1.82) is 0 Å². The largest absolute Gasteiger partial charge is 0.478 e. The maximum absolute atomic E-state index is 5.95. The molecule has 0 saturated carbocycles. The van der Waals surface area contributed by atoms with Gasteiger partial charge in [0.05, 0.1) is 6.61 Å². The molecule has 2 aromatic rings. The molecule has 3 nitrogen and oxygen atoms in total. The minimum absolute atomic E-state index is 0.393. The zero-order chi connectivity index (χ0) is 12.1. The summed E-state index contributed by atoms with van der Waals surface area (Å²) >= 11 is 5.95. The van der Waals surface area contributed by atoms with Crippen LogP contribution in [0.5, 0.6) is 5.88 Å². The summed E-state index contributed by atoms with van der Waals surface area (Å²) in [7, 11) is 0. The minimum Gasteiger partial charge on any atom is -0.478 e. The van der Waals surface area contributed by atoms with Crippen molar-refractivity contribution >= 4 is 11.6 Å². The van der Waals surface area contributed by atoms with Gasteiger partial charge in [0.25, 0.3) is 0 Å². The van der Waals surface area contributed by atoms with Gasteiger partial charge in [-0.2, -0.15) is 4.98 Å². The summed E-state index contributed by atoms with van der Waals surface area (Å²) < 4.78 is 5.46. The van der Waals surface area contributed by atoms with Gasteiger partial charge in [-0.25, -0.2) is 4.98 Å². The molecule has 0 aliphatic heterocycles. The van der Waals surface area contributed by atoms with Crippen LogP contribution in [0, 0.1) is 0 Å². The maximum Gasteiger partial charge on any atom is 0.218 e. The normalized spacial score (nSPS) is 10.2. The van der Waals surface area contributed by atoms with E-state index in [1.807, 2.05) is 37.3 Å². The van der Waals surface area contributed by atoms with Crippen LogP contribution in [0.1, 0.15) is 13.3 Å². The Morgan fingerprint density at radius 1 is 1.18 bits per heavy atom. The highest BCUT2D eigenvalue weighted by Gasteiger charge is 2.05. The summed E-state index contributed by atoms with van der Waals surface area (Å²) in [6, 6.07) is 11.3. The van der Waals surface area contributed by atoms with E-state index < -0.39 is 0 Å². The molecular formula is C13H13ClN2O. The Morgan fingerprint density at radius 3 is 2.65 bits per heavy atom. The van der Waals surface area contributed by atoms with Crippen LogP contribution in [0.2, 0.25) is 5.15 Å². The van der Waals surface area contributed by atoms with Gasteiger partial charge in [-0.15, -0.1) is 0 Å². The lowest BCUT2D eigenvalue weighted by atomic mass is 10.2. The van der Waals surface area contributed by atoms with Crippen LogP contribution in [-0.2, 0) is 0 Å². The summed E-state index contributed by atoms with van der Waals surface area (Å²) in [5.74, 6) is 1.11. The molecule has 0 aliphatic rings. The van der Waals surface area contributed by atoms with Crippen molar-refractivity contribution in [2.24, 2.45) is 0 Å². The van der Waals surface area contributed by atoms with Crippen molar-refractivity contribution < 1.29 is 4.74 Å². The lowest BCUT2D eigenvalue weighted by molar-refractivity contribution is 0.305. The summed E-state index contributed by atoms with van der Waals surface area (Å²) in [5.41, 5.74) is 0.927. The van der Waals surface area contributed by atoms with E-state index in [2.05, 4.69) is 9.97 Å². The van der Waals surface area contributed by atoms with Crippen LogP contribution in [0.3, 0.4) is 0 Å². The van der Waals surface area contributed by atoms with E-state index in [1.165, 1.54) is 0 Å². The number of halogens is 1. The van der Waals surface area contributed by atoms with E-state index in [1.54, 1.807) is 6.07 Å². The van der Waals surface area contributed by atoms with E-state index in [9.17, 15) is 0 Å². The van der Waals surface area contributed by atoms with Gasteiger partial charge in [-0.1, -0.05) is 48.9 Å². The molecule has 0 atom stereocenters. The Balaban J connectivity index is 2.32. The molecular weight excluding hydrogens is 236 g/mol. The first-order chi connectivity index (χ1) is 8.29. The Morgan fingerprint density at radius 2 is 1.94 bits per heavy atom. The van der Waals surface area contributed by atoms with Gasteiger partial charge in [0.15, 0.2) is 5.82 Å². The Bertz CT molecular complexity index is 488. The van der Waals surface area contributed by atoms with Crippen molar-refractivity contribution in [2.75, 3.05) is 6.61 Å². The third-order valence-corrected chi connectivity index (χ3v) is 2.35. The van der Waals surface area contributed by atoms with Crippen molar-refractivity contribution in [3.63, 3.8) is 0 Å². The van der Waals surface area contributed by atoms with Gasteiger partial charge in [0.2, 0.25) is 5.88 Å². The van der Waals surface area contributed by atoms with Gasteiger partial charge in [0, 0.05) is 11.6 Å². The van der Waals surface area contributed by atoms with E-state index in [4.69, 9.17) is 16.3 Å². The summed E-state index contributed by atoms with van der Waals surface area (Å²) in [4.78, 5) is 8.51. The third-order valence-electron chi connectivity index (χ3n) is 2.16. The highest BCUT2D eigenvalue weighted by Crippen LogP contribution is 2.21. The highest BCUT2D eigenvalue weighted by atomic mass is 35.5. The molecule has 1 aromatic carbocycles. The third kappa shape index (κ3) is 3.17. The summed E-state index contributed by atoms with van der Waals surface area (Å²) in [6.07, 6.45) is 0.933. The molecule has 2 rings (SSSR count). The molecule has 88 valence electrons. The van der Waals surface area contributed by atoms with Gasteiger partial charge in [-0.05, 0) is 6.42 Å². The molecule has 0 unspecified atom stereocenters. The second kappa shape index (κ2) is 5.64. The second-order valence-corrected chi connectivity index (χ2v) is 3.95. The molecule has 0 aliphatic carbocycles. The lowest BCUT2D eigenvalue weighted by Crippen LogP contribution is -1.99. The first-order valence-corrected chi connectivity index (χ1v) is 5.90. The Kier molecular flexibility index (Phi) is 3.94. The average molecular weight is 249 g/mol. The van der Waals surface area contributed by atoms with E-state index in [-0.39, 0.29) is 0 Å². The molecule has 0 radical (unpaired) electrons. The van der Waals surface area contributed by atoms with E-state index in [0.717, 1.165) is 12.0 Å². The van der Waals surface area contributed by atoms with E-state index in [0.29, 0.717) is 23.5 Å². The molecule has 0 saturated heterocycles. The number of benzene rings is 1. The number of nitrogens with zero attached hydrogens (tertiary/aromatic N) is 2. The van der Waals surface area contributed by atoms with Crippen molar-refractivity contribution in [3.05, 3.63) is 41.6 Å². The zero-order valence-corrected chi connectivity index (χ0v) is 10.3. The zero-order valence-electron chi connectivity index (χ0n) is 9.56. The Hall–Kier alpha value is -1.61.